The quantitative estimate of drug-likeness (QED) is 0.797. The lowest BCUT2D eigenvalue weighted by Gasteiger charge is -2.39. The van der Waals surface area contributed by atoms with E-state index in [1.165, 1.54) is 19.3 Å². The molecule has 0 spiro atoms. The average Bonchev–Trinajstić information content (AvgIpc) is 2.26. The van der Waals surface area contributed by atoms with Crippen LogP contribution in [0.25, 0.3) is 0 Å². The third-order valence-electron chi connectivity index (χ3n) is 3.56. The summed E-state index contributed by atoms with van der Waals surface area (Å²) in [5, 5.41) is 6.36. The van der Waals surface area contributed by atoms with Gasteiger partial charge in [0.15, 0.2) is 0 Å². The van der Waals surface area contributed by atoms with E-state index in [0.29, 0.717) is 18.6 Å². The summed E-state index contributed by atoms with van der Waals surface area (Å²) in [7, 11) is 1.99. The van der Waals surface area contributed by atoms with Gasteiger partial charge < -0.3 is 10.6 Å². The topological polar surface area (TPSA) is 44.4 Å². The number of likely N-dealkylation sites (tertiary alicyclic amines) is 1. The zero-order valence-corrected chi connectivity index (χ0v) is 12.5. The first-order valence-electron chi connectivity index (χ1n) is 7.06. The van der Waals surface area contributed by atoms with Gasteiger partial charge in [-0.2, -0.15) is 0 Å². The fraction of sp³-hybridized carbons (Fsp3) is 0.929. The lowest BCUT2D eigenvalue weighted by atomic mass is 9.96. The van der Waals surface area contributed by atoms with E-state index in [1.807, 2.05) is 27.8 Å². The summed E-state index contributed by atoms with van der Waals surface area (Å²) in [5.41, 5.74) is -0.142. The van der Waals surface area contributed by atoms with E-state index >= 15 is 0 Å². The molecular formula is C14H29N3O. The number of hydrogen-bond acceptors (Lipinski definition) is 3. The first kappa shape index (κ1) is 15.4. The van der Waals surface area contributed by atoms with Crippen LogP contribution < -0.4 is 10.6 Å². The van der Waals surface area contributed by atoms with Gasteiger partial charge in [-0.3, -0.25) is 9.69 Å². The van der Waals surface area contributed by atoms with Gasteiger partial charge in [0.2, 0.25) is 5.91 Å². The van der Waals surface area contributed by atoms with E-state index in [0.717, 1.165) is 6.54 Å². The number of piperidine rings is 1. The van der Waals surface area contributed by atoms with Gasteiger partial charge in [-0.1, -0.05) is 6.42 Å². The van der Waals surface area contributed by atoms with Gasteiger partial charge in [0, 0.05) is 17.6 Å². The summed E-state index contributed by atoms with van der Waals surface area (Å²) >= 11 is 0. The lowest BCUT2D eigenvalue weighted by molar-refractivity contribution is -0.124. The molecule has 0 aromatic carbocycles. The van der Waals surface area contributed by atoms with Crippen molar-refractivity contribution < 1.29 is 4.79 Å². The van der Waals surface area contributed by atoms with E-state index in [2.05, 4.69) is 22.5 Å². The Morgan fingerprint density at radius 2 is 2.06 bits per heavy atom. The molecular weight excluding hydrogens is 226 g/mol. The molecule has 1 saturated heterocycles. The van der Waals surface area contributed by atoms with E-state index in [-0.39, 0.29) is 11.4 Å². The highest BCUT2D eigenvalue weighted by Gasteiger charge is 2.28. The number of nitrogens with zero attached hydrogens (tertiary/aromatic N) is 1. The highest BCUT2D eigenvalue weighted by molar-refractivity contribution is 5.78. The molecule has 0 radical (unpaired) electrons. The van der Waals surface area contributed by atoms with Gasteiger partial charge in [-0.05, 0) is 54.1 Å². The van der Waals surface area contributed by atoms with Gasteiger partial charge >= 0.3 is 0 Å². The van der Waals surface area contributed by atoms with Crippen molar-refractivity contribution in [1.29, 1.82) is 0 Å². The fourth-order valence-electron chi connectivity index (χ4n) is 2.61. The van der Waals surface area contributed by atoms with Gasteiger partial charge in [-0.25, -0.2) is 0 Å². The second kappa shape index (κ2) is 6.53. The highest BCUT2D eigenvalue weighted by atomic mass is 16.2. The number of hydrogen-bond donors (Lipinski definition) is 2. The normalized spacial score (nSPS) is 23.7. The van der Waals surface area contributed by atoms with Crippen molar-refractivity contribution in [3.05, 3.63) is 0 Å². The fourth-order valence-corrected chi connectivity index (χ4v) is 2.61. The zero-order valence-electron chi connectivity index (χ0n) is 12.5. The van der Waals surface area contributed by atoms with Gasteiger partial charge in [-0.15, -0.1) is 0 Å². The van der Waals surface area contributed by atoms with Crippen LogP contribution in [0.2, 0.25) is 0 Å². The molecule has 0 saturated carbocycles. The predicted molar refractivity (Wildman–Crippen MR) is 75.6 cm³/mol. The smallest absolute Gasteiger partial charge is 0.234 e. The minimum Gasteiger partial charge on any atom is -0.350 e. The van der Waals surface area contributed by atoms with Crippen LogP contribution in [0, 0.1) is 0 Å². The Morgan fingerprint density at radius 1 is 1.39 bits per heavy atom. The molecule has 1 aliphatic rings. The van der Waals surface area contributed by atoms with E-state index in [1.54, 1.807) is 0 Å². The average molecular weight is 255 g/mol. The summed E-state index contributed by atoms with van der Waals surface area (Å²) < 4.78 is 0. The molecule has 1 amide bonds. The number of likely N-dealkylation sites (N-methyl/N-ethyl adjacent to an activating group) is 1. The molecule has 0 aromatic rings. The third kappa shape index (κ3) is 4.94. The van der Waals surface area contributed by atoms with Crippen molar-refractivity contribution >= 4 is 5.91 Å². The Hall–Kier alpha value is -0.610. The summed E-state index contributed by atoms with van der Waals surface area (Å²) in [5.74, 6) is 0.137. The first-order chi connectivity index (χ1) is 8.33. The molecule has 4 heteroatoms. The van der Waals surface area contributed by atoms with Crippen molar-refractivity contribution in [2.24, 2.45) is 0 Å². The third-order valence-corrected chi connectivity index (χ3v) is 3.56. The van der Waals surface area contributed by atoms with Gasteiger partial charge in [0.1, 0.15) is 0 Å². The van der Waals surface area contributed by atoms with Crippen LogP contribution >= 0.6 is 0 Å². The Bertz CT molecular complexity index is 273. The van der Waals surface area contributed by atoms with Crippen LogP contribution in [0.15, 0.2) is 0 Å². The molecule has 2 atom stereocenters. The second-order valence-electron chi connectivity index (χ2n) is 6.41. The minimum atomic E-state index is -0.142. The second-order valence-corrected chi connectivity index (χ2v) is 6.41. The number of carbonyl (C=O) groups excluding carboxylic acids is 1. The molecule has 106 valence electrons. The lowest BCUT2D eigenvalue weighted by Crippen LogP contribution is -2.54. The Balaban J connectivity index is 2.54. The summed E-state index contributed by atoms with van der Waals surface area (Å²) in [6.45, 7) is 9.82. The molecule has 18 heavy (non-hydrogen) atoms. The van der Waals surface area contributed by atoms with Gasteiger partial charge in [0.05, 0.1) is 6.54 Å². The van der Waals surface area contributed by atoms with E-state index in [9.17, 15) is 4.79 Å². The molecule has 2 N–H and O–H groups in total. The molecule has 4 nitrogen and oxygen atoms in total. The Kier molecular flexibility index (Phi) is 5.60. The molecule has 2 unspecified atom stereocenters. The minimum absolute atomic E-state index is 0.137. The molecule has 1 aliphatic heterocycles. The highest BCUT2D eigenvalue weighted by Crippen LogP contribution is 2.19. The molecule has 0 aliphatic carbocycles. The van der Waals surface area contributed by atoms with Crippen molar-refractivity contribution in [3.8, 4) is 0 Å². The van der Waals surface area contributed by atoms with Crippen LogP contribution in [0.5, 0.6) is 0 Å². The maximum Gasteiger partial charge on any atom is 0.234 e. The largest absolute Gasteiger partial charge is 0.350 e. The maximum atomic E-state index is 12.0. The van der Waals surface area contributed by atoms with Crippen LogP contribution in [0.3, 0.4) is 0 Å². The van der Waals surface area contributed by atoms with Crippen LogP contribution in [-0.2, 0) is 4.79 Å². The number of carbonyl (C=O) groups is 1. The van der Waals surface area contributed by atoms with Gasteiger partial charge in [0.25, 0.3) is 0 Å². The summed E-state index contributed by atoms with van der Waals surface area (Å²) in [6.07, 6.45) is 3.66. The Labute approximate surface area is 111 Å². The maximum absolute atomic E-state index is 12.0. The van der Waals surface area contributed by atoms with Crippen molar-refractivity contribution in [2.45, 2.75) is 64.6 Å². The summed E-state index contributed by atoms with van der Waals surface area (Å²) in [4.78, 5) is 14.3. The van der Waals surface area contributed by atoms with Crippen molar-refractivity contribution in [1.82, 2.24) is 15.5 Å². The molecule has 0 aromatic heterocycles. The molecule has 0 bridgehead atoms. The van der Waals surface area contributed by atoms with E-state index < -0.39 is 0 Å². The monoisotopic (exact) mass is 255 g/mol. The van der Waals surface area contributed by atoms with Crippen molar-refractivity contribution in [2.75, 3.05) is 20.1 Å². The Morgan fingerprint density at radius 3 is 2.61 bits per heavy atom. The molecule has 1 rings (SSSR count). The van der Waals surface area contributed by atoms with E-state index in [4.69, 9.17) is 0 Å². The molecule has 1 fully saturated rings. The number of rotatable bonds is 4. The van der Waals surface area contributed by atoms with Crippen LogP contribution in [0.1, 0.15) is 47.0 Å². The predicted octanol–water partition coefficient (Wildman–Crippen LogP) is 1.36. The zero-order chi connectivity index (χ0) is 13.8. The SMILES string of the molecule is CNC(C)C1CCCCN1CC(=O)NC(C)(C)C. The van der Waals surface area contributed by atoms with Crippen LogP contribution in [0.4, 0.5) is 0 Å². The van der Waals surface area contributed by atoms with Crippen LogP contribution in [-0.4, -0.2) is 48.6 Å². The van der Waals surface area contributed by atoms with Crippen molar-refractivity contribution in [3.63, 3.8) is 0 Å². The summed E-state index contributed by atoms with van der Waals surface area (Å²) in [6, 6.07) is 0.919. The number of nitrogens with one attached hydrogen (secondary N) is 2. The standard InChI is InChI=1S/C14H29N3O/c1-11(15-5)12-8-6-7-9-17(12)10-13(18)16-14(2,3)4/h11-12,15H,6-10H2,1-5H3,(H,16,18). The molecule has 1 heterocycles. The number of amides is 1. The first-order valence-corrected chi connectivity index (χ1v) is 7.06.